The van der Waals surface area contributed by atoms with E-state index in [1.54, 1.807) is 25.3 Å². The number of carbonyl (C=O) groups excluding carboxylic acids is 1. The maximum Gasteiger partial charge on any atom is 0.257 e. The van der Waals surface area contributed by atoms with E-state index in [2.05, 4.69) is 20.6 Å². The number of amides is 1. The lowest BCUT2D eigenvalue weighted by Crippen LogP contribution is -2.29. The van der Waals surface area contributed by atoms with Crippen molar-refractivity contribution >= 4 is 11.6 Å². The maximum atomic E-state index is 13.7. The van der Waals surface area contributed by atoms with Crippen LogP contribution in [0.25, 0.3) is 17.0 Å². The van der Waals surface area contributed by atoms with Gasteiger partial charge >= 0.3 is 0 Å². The minimum Gasteiger partial charge on any atom is -0.496 e. The first kappa shape index (κ1) is 20.2. The lowest BCUT2D eigenvalue weighted by atomic mass is 10.2. The molecule has 0 saturated carbocycles. The van der Waals surface area contributed by atoms with Gasteiger partial charge in [0.05, 0.1) is 19.2 Å². The Bertz CT molecular complexity index is 1220. The van der Waals surface area contributed by atoms with Crippen LogP contribution in [0.2, 0.25) is 0 Å². The van der Waals surface area contributed by atoms with Gasteiger partial charge in [-0.15, -0.1) is 15.3 Å². The molecule has 0 unspecified atom stereocenters. The topological polar surface area (TPSA) is 90.6 Å². The van der Waals surface area contributed by atoms with Crippen molar-refractivity contribution in [2.24, 2.45) is 0 Å². The van der Waals surface area contributed by atoms with E-state index in [1.807, 2.05) is 18.2 Å². The van der Waals surface area contributed by atoms with Crippen molar-refractivity contribution < 1.29 is 23.0 Å². The average Bonchev–Trinajstić information content (AvgIpc) is 3.19. The predicted molar refractivity (Wildman–Crippen MR) is 107 cm³/mol. The summed E-state index contributed by atoms with van der Waals surface area (Å²) < 4.78 is 39.8. The van der Waals surface area contributed by atoms with Crippen LogP contribution in [0.3, 0.4) is 0 Å². The number of methoxy groups -OCH3 is 1. The van der Waals surface area contributed by atoms with Gasteiger partial charge in [0, 0.05) is 6.07 Å². The largest absolute Gasteiger partial charge is 0.496 e. The second kappa shape index (κ2) is 8.74. The number of fused-ring (bicyclic) bond motifs is 1. The van der Waals surface area contributed by atoms with Crippen molar-refractivity contribution in [1.29, 1.82) is 0 Å². The van der Waals surface area contributed by atoms with Crippen LogP contribution in [0.5, 0.6) is 11.6 Å². The number of hydrogen-bond donors (Lipinski definition) is 1. The highest BCUT2D eigenvalue weighted by atomic mass is 19.1. The van der Waals surface area contributed by atoms with E-state index in [1.165, 1.54) is 10.6 Å². The molecule has 0 aliphatic carbocycles. The Morgan fingerprint density at radius 3 is 2.58 bits per heavy atom. The molecule has 4 rings (SSSR count). The van der Waals surface area contributed by atoms with E-state index in [-0.39, 0.29) is 19.0 Å². The Hall–Kier alpha value is -4.08. The summed E-state index contributed by atoms with van der Waals surface area (Å²) in [6.45, 7) is 0.0559. The first-order chi connectivity index (χ1) is 15.1. The number of nitrogens with one attached hydrogen (secondary N) is 1. The molecule has 0 spiro atoms. The second-order valence-electron chi connectivity index (χ2n) is 6.37. The van der Waals surface area contributed by atoms with Crippen molar-refractivity contribution in [3.63, 3.8) is 0 Å². The third kappa shape index (κ3) is 4.13. The number of carbonyl (C=O) groups is 1. The summed E-state index contributed by atoms with van der Waals surface area (Å²) in [6, 6.07) is 13.8. The van der Waals surface area contributed by atoms with Crippen molar-refractivity contribution in [3.05, 3.63) is 71.8 Å². The number of rotatable bonds is 7. The average molecular weight is 425 g/mol. The van der Waals surface area contributed by atoms with Gasteiger partial charge in [-0.3, -0.25) is 4.79 Å². The summed E-state index contributed by atoms with van der Waals surface area (Å²) in [6.07, 6.45) is 0. The molecule has 2 heterocycles. The van der Waals surface area contributed by atoms with E-state index < -0.39 is 23.1 Å². The molecule has 31 heavy (non-hydrogen) atoms. The molecule has 0 bridgehead atoms. The Morgan fingerprint density at radius 2 is 1.81 bits per heavy atom. The van der Waals surface area contributed by atoms with Gasteiger partial charge in [0.2, 0.25) is 5.88 Å². The summed E-state index contributed by atoms with van der Waals surface area (Å²) in [7, 11) is 1.56. The molecule has 4 aromatic rings. The van der Waals surface area contributed by atoms with Crippen molar-refractivity contribution in [2.75, 3.05) is 20.3 Å². The quantitative estimate of drug-likeness (QED) is 0.458. The maximum absolute atomic E-state index is 13.7. The molecular formula is C21H17F2N5O3. The Morgan fingerprint density at radius 1 is 1.03 bits per heavy atom. The lowest BCUT2D eigenvalue weighted by Gasteiger charge is -2.09. The Labute approximate surface area is 175 Å². The number of para-hydroxylation sites is 1. The van der Waals surface area contributed by atoms with Gasteiger partial charge in [-0.25, -0.2) is 8.78 Å². The van der Waals surface area contributed by atoms with E-state index in [0.717, 1.165) is 12.1 Å². The van der Waals surface area contributed by atoms with E-state index in [4.69, 9.17) is 9.47 Å². The number of benzene rings is 2. The molecule has 0 aliphatic heterocycles. The van der Waals surface area contributed by atoms with Crippen molar-refractivity contribution in [1.82, 2.24) is 25.1 Å². The molecule has 0 saturated heterocycles. The molecule has 1 amide bonds. The van der Waals surface area contributed by atoms with Crippen LogP contribution < -0.4 is 14.8 Å². The van der Waals surface area contributed by atoms with Gasteiger partial charge in [-0.05, 0) is 30.3 Å². The SMILES string of the molecule is COc1ccccc1-c1nnc2ccc(OCCNC(=O)c3c(F)cccc3F)nn12. The zero-order valence-electron chi connectivity index (χ0n) is 16.4. The minimum absolute atomic E-state index is 0.0217. The van der Waals surface area contributed by atoms with Gasteiger partial charge in [0.1, 0.15) is 29.6 Å². The van der Waals surface area contributed by atoms with Crippen molar-refractivity contribution in [2.45, 2.75) is 0 Å². The first-order valence-corrected chi connectivity index (χ1v) is 9.29. The predicted octanol–water partition coefficient (Wildman–Crippen LogP) is 2.89. The summed E-state index contributed by atoms with van der Waals surface area (Å²) in [4.78, 5) is 12.0. The van der Waals surface area contributed by atoms with Crippen molar-refractivity contribution in [3.8, 4) is 23.0 Å². The molecule has 0 aliphatic rings. The number of halogens is 2. The normalized spacial score (nSPS) is 10.8. The molecule has 8 nitrogen and oxygen atoms in total. The van der Waals surface area contributed by atoms with Crippen LogP contribution in [0.4, 0.5) is 8.78 Å². The highest BCUT2D eigenvalue weighted by Gasteiger charge is 2.17. The van der Waals surface area contributed by atoms with E-state index in [9.17, 15) is 13.6 Å². The molecule has 10 heteroatoms. The number of aromatic nitrogens is 4. The van der Waals surface area contributed by atoms with Crippen LogP contribution in [0.15, 0.2) is 54.6 Å². The monoisotopic (exact) mass is 425 g/mol. The molecular weight excluding hydrogens is 408 g/mol. The van der Waals surface area contributed by atoms with Crippen LogP contribution >= 0.6 is 0 Å². The number of nitrogens with zero attached hydrogens (tertiary/aromatic N) is 4. The second-order valence-corrected chi connectivity index (χ2v) is 6.37. The molecule has 2 aromatic carbocycles. The Balaban J connectivity index is 1.44. The fourth-order valence-corrected chi connectivity index (χ4v) is 2.97. The van der Waals surface area contributed by atoms with Gasteiger partial charge in [-0.1, -0.05) is 18.2 Å². The molecule has 1 N–H and O–H groups in total. The summed E-state index contributed by atoms with van der Waals surface area (Å²) in [5.74, 6) is -1.37. The first-order valence-electron chi connectivity index (χ1n) is 9.29. The third-order valence-electron chi connectivity index (χ3n) is 4.41. The standard InChI is InChI=1S/C21H17F2N5O3/c1-30-16-8-3-2-5-13(16)20-26-25-17-9-10-18(27-28(17)20)31-12-11-24-21(29)19-14(22)6-4-7-15(19)23/h2-10H,11-12H2,1H3,(H,24,29). The van der Waals surface area contributed by atoms with Crippen LogP contribution in [-0.4, -0.2) is 46.0 Å². The van der Waals surface area contributed by atoms with E-state index >= 15 is 0 Å². The zero-order chi connectivity index (χ0) is 21.8. The van der Waals surface area contributed by atoms with Gasteiger partial charge < -0.3 is 14.8 Å². The zero-order valence-corrected chi connectivity index (χ0v) is 16.4. The highest BCUT2D eigenvalue weighted by molar-refractivity contribution is 5.94. The van der Waals surface area contributed by atoms with Gasteiger partial charge in [0.15, 0.2) is 11.5 Å². The molecule has 0 radical (unpaired) electrons. The summed E-state index contributed by atoms with van der Waals surface area (Å²) in [5, 5.41) is 15.1. The molecule has 0 atom stereocenters. The molecule has 0 fully saturated rings. The fourth-order valence-electron chi connectivity index (χ4n) is 2.97. The fraction of sp³-hybridized carbons (Fsp3) is 0.143. The van der Waals surface area contributed by atoms with E-state index in [0.29, 0.717) is 22.8 Å². The molecule has 158 valence electrons. The summed E-state index contributed by atoms with van der Waals surface area (Å²) >= 11 is 0. The third-order valence-corrected chi connectivity index (χ3v) is 4.41. The van der Waals surface area contributed by atoms with Crippen LogP contribution in [0.1, 0.15) is 10.4 Å². The Kier molecular flexibility index (Phi) is 5.69. The van der Waals surface area contributed by atoms with Gasteiger partial charge in [-0.2, -0.15) is 4.52 Å². The number of ether oxygens (including phenoxy) is 2. The van der Waals surface area contributed by atoms with Crippen LogP contribution in [-0.2, 0) is 0 Å². The summed E-state index contributed by atoms with van der Waals surface area (Å²) in [5.41, 5.74) is 0.589. The smallest absolute Gasteiger partial charge is 0.257 e. The number of hydrogen-bond acceptors (Lipinski definition) is 6. The lowest BCUT2D eigenvalue weighted by molar-refractivity contribution is 0.0938. The minimum atomic E-state index is -0.929. The molecule has 2 aromatic heterocycles. The van der Waals surface area contributed by atoms with Gasteiger partial charge in [0.25, 0.3) is 5.91 Å². The van der Waals surface area contributed by atoms with Crippen LogP contribution in [0, 0.1) is 11.6 Å². The highest BCUT2D eigenvalue weighted by Crippen LogP contribution is 2.28.